The number of ether oxygens (including phenoxy) is 1. The third-order valence-corrected chi connectivity index (χ3v) is 18.3. The van der Waals surface area contributed by atoms with Crippen molar-refractivity contribution >= 4 is 132 Å². The van der Waals surface area contributed by atoms with Crippen LogP contribution in [0.3, 0.4) is 0 Å². The molecule has 422 valence electrons. The number of aromatic hydroxyl groups is 1. The van der Waals surface area contributed by atoms with Gasteiger partial charge in [0.05, 0.1) is 29.6 Å². The molecule has 12 bridgehead atoms. The van der Waals surface area contributed by atoms with E-state index in [1.807, 2.05) is 0 Å². The molecule has 0 saturated heterocycles. The van der Waals surface area contributed by atoms with Crippen LogP contribution in [-0.4, -0.2) is 127 Å². The van der Waals surface area contributed by atoms with Crippen LogP contribution in [-0.2, 0) is 25.7 Å². The number of hydrogen-bond donors (Lipinski definition) is 10. The lowest BCUT2D eigenvalue weighted by Crippen LogP contribution is -2.52. The fourth-order valence-electron chi connectivity index (χ4n) is 8.52. The molecular weight excluding hydrogens is 1180 g/mol. The van der Waals surface area contributed by atoms with E-state index in [1.54, 1.807) is 37.4 Å². The van der Waals surface area contributed by atoms with E-state index >= 15 is 0 Å². The molecule has 0 spiro atoms. The highest BCUT2D eigenvalue weighted by molar-refractivity contribution is 8.14. The number of pyridine rings is 1. The van der Waals surface area contributed by atoms with Gasteiger partial charge in [0, 0.05) is 55.5 Å². The van der Waals surface area contributed by atoms with Crippen LogP contribution in [0.4, 0.5) is 0 Å². The van der Waals surface area contributed by atoms with Crippen molar-refractivity contribution in [2.45, 2.75) is 77.1 Å². The first-order chi connectivity index (χ1) is 39.2. The molecule has 25 nitrogen and oxygen atoms in total. The molecule has 8 aromatic rings. The van der Waals surface area contributed by atoms with E-state index in [0.717, 1.165) is 68.4 Å². The first-order valence-electron chi connectivity index (χ1n) is 24.6. The van der Waals surface area contributed by atoms with E-state index in [0.29, 0.717) is 22.0 Å². The van der Waals surface area contributed by atoms with Crippen LogP contribution in [0.5, 0.6) is 5.75 Å². The number of primary amides is 1. The molecule has 0 radical (unpaired) electrons. The fraction of sp³-hybridized carbons (Fsp3) is 0.255. The summed E-state index contributed by atoms with van der Waals surface area (Å²) >= 11 is 5.79. The second kappa shape index (κ2) is 23.7. The topological polar surface area (TPSA) is 386 Å². The lowest BCUT2D eigenvalue weighted by atomic mass is 10.1. The number of aliphatic hydroxyl groups excluding tert-OH is 2. The van der Waals surface area contributed by atoms with Crippen molar-refractivity contribution in [2.75, 3.05) is 5.75 Å². The molecule has 0 aliphatic carbocycles. The minimum atomic E-state index is -1.84. The predicted octanol–water partition coefficient (Wildman–Crippen LogP) is 4.76. The number of nitrogens with zero attached hydrogens (tertiary/aromatic N) is 6. The van der Waals surface area contributed by atoms with Crippen LogP contribution < -0.4 is 32.3 Å². The first-order valence-corrected chi connectivity index (χ1v) is 30.0. The van der Waals surface area contributed by atoms with Crippen molar-refractivity contribution in [3.05, 3.63) is 112 Å². The number of aryl methyl sites for hydroxylation is 1. The number of amides is 6. The summed E-state index contributed by atoms with van der Waals surface area (Å²) < 4.78 is 5.63. The number of carbonyl (C=O) groups excluding carboxylic acids is 8. The summed E-state index contributed by atoms with van der Waals surface area (Å²) in [7, 11) is 0. The summed E-state index contributed by atoms with van der Waals surface area (Å²) in [5.74, 6) is -6.32. The summed E-state index contributed by atoms with van der Waals surface area (Å²) in [4.78, 5) is 140. The van der Waals surface area contributed by atoms with Gasteiger partial charge in [-0.1, -0.05) is 30.0 Å². The van der Waals surface area contributed by atoms with Gasteiger partial charge in [0.15, 0.2) is 6.10 Å². The molecule has 7 aromatic heterocycles. The number of H-pyrrole nitrogens is 1. The van der Waals surface area contributed by atoms with Crippen LogP contribution in [0.1, 0.15) is 118 Å². The van der Waals surface area contributed by atoms with Crippen LogP contribution in [0.2, 0.25) is 0 Å². The Kier molecular flexibility index (Phi) is 16.5. The summed E-state index contributed by atoms with van der Waals surface area (Å²) in [6.07, 6.45) is -2.28. The molecule has 1 aromatic carbocycles. The standard InChI is InChI=1S/C51H45N13O12S6/c1-5-23-46-60-28(14-79-46)41(70)56-25-10-33(67)50(74)76-11-21-7-6-8-24-34(21)18(2)35(54-24)51(75)82-17-31(57-42(71)29-15-80-47(25)61-29)48-58-26(12-78-48)37-22(45-59-30(13-77-45)43(72)64-36(20(4)65)44(73)55-23)9-32(66)38(63-37)49-62-27(16-81-49)40(69)53-19(3)39(52)68/h5-9,12-16,19-20,25,31,33,36,54,65-67H,10-11,17H2,1-4H3,(H2,52,68)(H,53,69)(H,55,73)(H,56,70)(H,57,71)(H,64,72)/t19-,20-,25-,31+,33-,36-/m0/s1. The third kappa shape index (κ3) is 11.8. The van der Waals surface area contributed by atoms with Gasteiger partial charge in [0.2, 0.25) is 16.9 Å². The molecule has 11 N–H and O–H groups in total. The highest BCUT2D eigenvalue weighted by Gasteiger charge is 2.34. The van der Waals surface area contributed by atoms with Crippen LogP contribution in [0, 0.1) is 6.92 Å². The van der Waals surface area contributed by atoms with Crippen molar-refractivity contribution in [1.82, 2.24) is 61.5 Å². The summed E-state index contributed by atoms with van der Waals surface area (Å²) in [5.41, 5.74) is 7.03. The second-order valence-electron chi connectivity index (χ2n) is 18.5. The Hall–Kier alpha value is -8.17. The average Bonchev–Trinajstić information content (AvgIpc) is 4.34. The highest BCUT2D eigenvalue weighted by Crippen LogP contribution is 2.42. The van der Waals surface area contributed by atoms with Gasteiger partial charge in [-0.15, -0.1) is 56.7 Å². The minimum absolute atomic E-state index is 0.0702. The SMILES string of the molecule is CC=C1NC(=O)[C@H]([C@H](C)O)NC(=O)c2csc(n2)-c2cc(O)c(-c3nc(C(=O)N[C@@H](C)C(N)=O)cs3)nc2-c2csc(n2)[C@H]2CSC(=O)c3[nH]c4cccc(c4c3C)COC(=O)[C@@H](O)C[C@H](NC(=O)c3csc1n3)c1nc(cs1)C(=O)N2. The number of nitrogens with two attached hydrogens (primary N) is 1. The second-order valence-corrected chi connectivity index (χ2v) is 23.8. The number of thioether (sulfide) groups is 1. The number of nitrogens with one attached hydrogen (secondary N) is 6. The lowest BCUT2D eigenvalue weighted by Gasteiger charge is -2.21. The Bertz CT molecular complexity index is 3930. The van der Waals surface area contributed by atoms with Crippen LogP contribution in [0.15, 0.2) is 57.2 Å². The van der Waals surface area contributed by atoms with Crippen molar-refractivity contribution in [2.24, 2.45) is 5.73 Å². The molecule has 10 rings (SSSR count). The summed E-state index contributed by atoms with van der Waals surface area (Å²) in [5, 5.41) is 55.4. The largest absolute Gasteiger partial charge is 0.506 e. The molecule has 2 aliphatic heterocycles. The van der Waals surface area contributed by atoms with Crippen molar-refractivity contribution < 1.29 is 58.4 Å². The number of allylic oxidation sites excluding steroid dienone is 1. The number of hydrogen-bond acceptors (Lipinski definition) is 24. The lowest BCUT2D eigenvalue weighted by molar-refractivity contribution is -0.155. The molecule has 0 fully saturated rings. The number of thiazole rings is 5. The zero-order valence-electron chi connectivity index (χ0n) is 43.1. The van der Waals surface area contributed by atoms with E-state index < -0.39 is 95.1 Å². The number of benzene rings is 1. The highest BCUT2D eigenvalue weighted by atomic mass is 32.2. The van der Waals surface area contributed by atoms with Gasteiger partial charge in [0.1, 0.15) is 89.3 Å². The molecule has 2 aliphatic rings. The number of esters is 1. The Morgan fingerprint density at radius 1 is 0.793 bits per heavy atom. The number of carbonyl (C=O) groups is 8. The molecule has 9 heterocycles. The van der Waals surface area contributed by atoms with Gasteiger partial charge in [-0.2, -0.15) is 0 Å². The number of cyclic esters (lactones) is 1. The minimum Gasteiger partial charge on any atom is -0.506 e. The molecule has 6 atom stereocenters. The number of rotatable bonds is 5. The number of aromatic amines is 1. The van der Waals surface area contributed by atoms with Gasteiger partial charge in [-0.05, 0) is 51.0 Å². The maximum Gasteiger partial charge on any atom is 0.335 e. The van der Waals surface area contributed by atoms with Gasteiger partial charge in [-0.3, -0.25) is 33.6 Å². The third-order valence-electron chi connectivity index (χ3n) is 12.8. The monoisotopic (exact) mass is 1220 g/mol. The predicted molar refractivity (Wildman–Crippen MR) is 305 cm³/mol. The molecule has 0 unspecified atom stereocenters. The first kappa shape index (κ1) is 57.1. The van der Waals surface area contributed by atoms with E-state index in [1.165, 1.54) is 47.5 Å². The van der Waals surface area contributed by atoms with E-state index in [4.69, 9.17) is 20.4 Å². The summed E-state index contributed by atoms with van der Waals surface area (Å²) in [6.45, 7) is 5.71. The number of fused-ring (bicyclic) bond motifs is 13. The number of aliphatic hydroxyl groups is 2. The van der Waals surface area contributed by atoms with E-state index in [9.17, 15) is 53.7 Å². The van der Waals surface area contributed by atoms with Gasteiger partial charge >= 0.3 is 5.97 Å². The summed E-state index contributed by atoms with van der Waals surface area (Å²) in [6, 6.07) is 1.64. The Morgan fingerprint density at radius 3 is 2.15 bits per heavy atom. The maximum absolute atomic E-state index is 14.5. The van der Waals surface area contributed by atoms with E-state index in [-0.39, 0.29) is 94.2 Å². The Balaban J connectivity index is 1.11. The zero-order chi connectivity index (χ0) is 58.3. The molecule has 31 heteroatoms. The van der Waals surface area contributed by atoms with Crippen LogP contribution >= 0.6 is 68.4 Å². The van der Waals surface area contributed by atoms with Crippen molar-refractivity contribution in [3.8, 4) is 38.4 Å². The maximum atomic E-state index is 14.5. The Morgan fingerprint density at radius 2 is 1.43 bits per heavy atom. The smallest absolute Gasteiger partial charge is 0.335 e. The van der Waals surface area contributed by atoms with Crippen molar-refractivity contribution in [1.29, 1.82) is 0 Å². The van der Waals surface area contributed by atoms with Crippen molar-refractivity contribution in [3.63, 3.8) is 0 Å². The van der Waals surface area contributed by atoms with Gasteiger partial charge in [0.25, 0.3) is 23.6 Å². The van der Waals surface area contributed by atoms with E-state index in [2.05, 4.69) is 51.5 Å². The Labute approximate surface area is 487 Å². The average molecular weight is 1220 g/mol. The molecule has 0 saturated carbocycles. The van der Waals surface area contributed by atoms with Gasteiger partial charge < -0.3 is 57.4 Å². The van der Waals surface area contributed by atoms with Gasteiger partial charge in [-0.25, -0.2) is 34.7 Å². The quantitative estimate of drug-likeness (QED) is 0.104. The normalized spacial score (nSPS) is 19.7. The molecule has 82 heavy (non-hydrogen) atoms. The van der Waals surface area contributed by atoms with Crippen LogP contribution in [0.25, 0.3) is 49.3 Å². The zero-order valence-corrected chi connectivity index (χ0v) is 48.0. The molecule has 6 amide bonds. The molecular formula is C51H45N13O12S6. The fourth-order valence-corrected chi connectivity index (χ4v) is 13.7. The number of aromatic nitrogens is 7.